The minimum absolute atomic E-state index is 0.0994. The Hall–Kier alpha value is 0.0600. The van der Waals surface area contributed by atoms with Crippen molar-refractivity contribution in [1.29, 1.82) is 0 Å². The van der Waals surface area contributed by atoms with Gasteiger partial charge in [-0.15, -0.1) is 0 Å². The minimum Gasteiger partial charge on any atom is -0.260 e. The summed E-state index contributed by atoms with van der Waals surface area (Å²) in [6, 6.07) is 0. The molecule has 1 unspecified atom stereocenters. The molecule has 0 aromatic heterocycles. The third kappa shape index (κ3) is 6.75. The van der Waals surface area contributed by atoms with Crippen molar-refractivity contribution in [2.75, 3.05) is 24.3 Å². The smallest absolute Gasteiger partial charge is 0.211 e. The van der Waals surface area contributed by atoms with Gasteiger partial charge in [0.2, 0.25) is 10.0 Å². The van der Waals surface area contributed by atoms with Crippen LogP contribution < -0.4 is 4.72 Å². The van der Waals surface area contributed by atoms with E-state index in [9.17, 15) is 12.6 Å². The van der Waals surface area contributed by atoms with Crippen LogP contribution in [-0.2, 0) is 20.8 Å². The molecule has 1 N–H and O–H groups in total. The highest BCUT2D eigenvalue weighted by molar-refractivity contribution is 7.89. The van der Waals surface area contributed by atoms with Gasteiger partial charge in [0.15, 0.2) is 0 Å². The van der Waals surface area contributed by atoms with Gasteiger partial charge in [0.05, 0.1) is 5.75 Å². The molecule has 0 bridgehead atoms. The van der Waals surface area contributed by atoms with Crippen molar-refractivity contribution in [1.82, 2.24) is 4.72 Å². The van der Waals surface area contributed by atoms with E-state index in [0.29, 0.717) is 18.7 Å². The molecule has 6 heteroatoms. The summed E-state index contributed by atoms with van der Waals surface area (Å²) >= 11 is 0. The normalized spacial score (nSPS) is 14.5. The number of sulfonamides is 1. The lowest BCUT2D eigenvalue weighted by molar-refractivity contribution is 0.582. The molecule has 0 rings (SSSR count). The Labute approximate surface area is 76.2 Å². The summed E-state index contributed by atoms with van der Waals surface area (Å²) in [6.45, 7) is 1.97. The van der Waals surface area contributed by atoms with Gasteiger partial charge in [0.25, 0.3) is 0 Å². The summed E-state index contributed by atoms with van der Waals surface area (Å²) in [7, 11) is -3.90. The maximum Gasteiger partial charge on any atom is 0.211 e. The van der Waals surface area contributed by atoms with Gasteiger partial charge in [0.1, 0.15) is 0 Å². The van der Waals surface area contributed by atoms with Crippen LogP contribution in [0.2, 0.25) is 0 Å². The highest BCUT2D eigenvalue weighted by Gasteiger charge is 2.04. The molecule has 0 aliphatic rings. The first-order valence-corrected chi connectivity index (χ1v) is 7.13. The van der Waals surface area contributed by atoms with Gasteiger partial charge >= 0.3 is 0 Å². The molecule has 0 aromatic carbocycles. The first-order valence-electron chi connectivity index (χ1n) is 3.75. The van der Waals surface area contributed by atoms with Crippen LogP contribution in [0, 0.1) is 0 Å². The van der Waals surface area contributed by atoms with E-state index < -0.39 is 20.8 Å². The third-order valence-electron chi connectivity index (χ3n) is 1.31. The van der Waals surface area contributed by atoms with E-state index in [4.69, 9.17) is 0 Å². The Bertz CT molecular complexity index is 235. The molecule has 0 fully saturated rings. The van der Waals surface area contributed by atoms with Crippen molar-refractivity contribution in [3.05, 3.63) is 0 Å². The molecule has 12 heavy (non-hydrogen) atoms. The Morgan fingerprint density at radius 1 is 1.42 bits per heavy atom. The van der Waals surface area contributed by atoms with Crippen molar-refractivity contribution in [3.8, 4) is 0 Å². The fourth-order valence-electron chi connectivity index (χ4n) is 0.605. The molecule has 4 nitrogen and oxygen atoms in total. The quantitative estimate of drug-likeness (QED) is 0.616. The lowest BCUT2D eigenvalue weighted by Crippen LogP contribution is -2.26. The zero-order valence-electron chi connectivity index (χ0n) is 7.37. The van der Waals surface area contributed by atoms with Crippen LogP contribution in [0.5, 0.6) is 0 Å². The van der Waals surface area contributed by atoms with E-state index in [1.807, 2.05) is 0 Å². The summed E-state index contributed by atoms with van der Waals surface area (Å²) in [4.78, 5) is 0. The lowest BCUT2D eigenvalue weighted by atomic mass is 10.5. The van der Waals surface area contributed by atoms with Crippen LogP contribution >= 0.6 is 0 Å². The molecular formula is C6H15NO3S2. The Balaban J connectivity index is 3.51. The van der Waals surface area contributed by atoms with Crippen molar-refractivity contribution in [2.45, 2.75) is 13.3 Å². The van der Waals surface area contributed by atoms with Crippen LogP contribution in [0.1, 0.15) is 13.3 Å². The van der Waals surface area contributed by atoms with Crippen molar-refractivity contribution in [3.63, 3.8) is 0 Å². The van der Waals surface area contributed by atoms with Gasteiger partial charge in [-0.2, -0.15) is 0 Å². The van der Waals surface area contributed by atoms with Crippen molar-refractivity contribution >= 4 is 20.8 Å². The highest BCUT2D eigenvalue weighted by atomic mass is 32.2. The average Bonchev–Trinajstić information content (AvgIpc) is 1.98. The zero-order valence-corrected chi connectivity index (χ0v) is 9.00. The summed E-state index contributed by atoms with van der Waals surface area (Å²) in [5.74, 6) is 0.647. The Morgan fingerprint density at radius 2 is 2.00 bits per heavy atom. The monoisotopic (exact) mass is 213 g/mol. The van der Waals surface area contributed by atoms with E-state index in [1.165, 1.54) is 0 Å². The molecule has 74 valence electrons. The van der Waals surface area contributed by atoms with E-state index in [1.54, 1.807) is 13.2 Å². The van der Waals surface area contributed by atoms with Gasteiger partial charge in [-0.05, 0) is 13.3 Å². The van der Waals surface area contributed by atoms with Crippen LogP contribution in [0.3, 0.4) is 0 Å². The van der Waals surface area contributed by atoms with Crippen LogP contribution in [-0.4, -0.2) is 36.9 Å². The molecular weight excluding hydrogens is 198 g/mol. The van der Waals surface area contributed by atoms with Crippen LogP contribution in [0.4, 0.5) is 0 Å². The molecule has 0 heterocycles. The average molecular weight is 213 g/mol. The van der Waals surface area contributed by atoms with Crippen molar-refractivity contribution < 1.29 is 12.6 Å². The molecule has 0 saturated carbocycles. The van der Waals surface area contributed by atoms with Crippen LogP contribution in [0.25, 0.3) is 0 Å². The predicted octanol–water partition coefficient (Wildman–Crippen LogP) is -0.306. The molecule has 0 radical (unpaired) electrons. The van der Waals surface area contributed by atoms with E-state index >= 15 is 0 Å². The molecule has 0 aromatic rings. The first-order chi connectivity index (χ1) is 5.48. The van der Waals surface area contributed by atoms with E-state index in [2.05, 4.69) is 4.72 Å². The van der Waals surface area contributed by atoms with Gasteiger partial charge < -0.3 is 0 Å². The number of hydrogen-bond donors (Lipinski definition) is 1. The molecule has 0 spiro atoms. The summed E-state index contributed by atoms with van der Waals surface area (Å²) in [6.07, 6.45) is 2.23. The van der Waals surface area contributed by atoms with Gasteiger partial charge in [-0.3, -0.25) is 4.21 Å². The second kappa shape index (κ2) is 5.66. The predicted molar refractivity (Wildman–Crippen MR) is 51.0 cm³/mol. The third-order valence-corrected chi connectivity index (χ3v) is 3.58. The Kier molecular flexibility index (Phi) is 5.69. The molecule has 0 aliphatic carbocycles. The molecule has 0 aliphatic heterocycles. The SMILES string of the molecule is CCS(=O)(=O)NCCCS(C)=O. The zero-order chi connectivity index (χ0) is 9.61. The number of rotatable bonds is 6. The maximum absolute atomic E-state index is 10.9. The van der Waals surface area contributed by atoms with Gasteiger partial charge in [-0.25, -0.2) is 13.1 Å². The van der Waals surface area contributed by atoms with E-state index in [0.717, 1.165) is 0 Å². The largest absolute Gasteiger partial charge is 0.260 e. The summed E-state index contributed by atoms with van der Waals surface area (Å²) in [5, 5.41) is 0. The minimum atomic E-state index is -3.07. The number of nitrogens with one attached hydrogen (secondary N) is 1. The second-order valence-electron chi connectivity index (χ2n) is 2.43. The standard InChI is InChI=1S/C6H15NO3S2/c1-3-12(9,10)7-5-4-6-11(2)8/h7H,3-6H2,1-2H3. The molecule has 0 saturated heterocycles. The van der Waals surface area contributed by atoms with Crippen LogP contribution in [0.15, 0.2) is 0 Å². The Morgan fingerprint density at radius 3 is 2.42 bits per heavy atom. The van der Waals surface area contributed by atoms with Gasteiger partial charge in [0, 0.05) is 29.4 Å². The molecule has 0 amide bonds. The topological polar surface area (TPSA) is 63.2 Å². The number of hydrogen-bond acceptors (Lipinski definition) is 3. The van der Waals surface area contributed by atoms with E-state index in [-0.39, 0.29) is 5.75 Å². The maximum atomic E-state index is 10.9. The van der Waals surface area contributed by atoms with Crippen molar-refractivity contribution in [2.24, 2.45) is 0 Å². The fourth-order valence-corrected chi connectivity index (χ4v) is 1.82. The second-order valence-corrected chi connectivity index (χ2v) is 6.08. The van der Waals surface area contributed by atoms with Gasteiger partial charge in [-0.1, -0.05) is 0 Å². The summed E-state index contributed by atoms with van der Waals surface area (Å²) < 4.78 is 34.7. The molecule has 1 atom stereocenters. The highest BCUT2D eigenvalue weighted by Crippen LogP contribution is 1.85. The summed E-state index contributed by atoms with van der Waals surface area (Å²) in [5.41, 5.74) is 0. The lowest BCUT2D eigenvalue weighted by Gasteiger charge is -2.02. The first kappa shape index (κ1) is 12.1. The fraction of sp³-hybridized carbons (Fsp3) is 1.00.